The molecule has 7 nitrogen and oxygen atoms in total. The summed E-state index contributed by atoms with van der Waals surface area (Å²) in [5.74, 6) is 0.0948. The van der Waals surface area contributed by atoms with E-state index in [1.807, 2.05) is 13.8 Å². The molecule has 138 valence electrons. The number of aliphatic carboxylic acids is 1. The molecule has 1 saturated heterocycles. The summed E-state index contributed by atoms with van der Waals surface area (Å²) < 4.78 is 16.4. The molecule has 1 N–H and O–H groups in total. The van der Waals surface area contributed by atoms with Crippen molar-refractivity contribution in [3.63, 3.8) is 0 Å². The van der Waals surface area contributed by atoms with Crippen molar-refractivity contribution in [3.05, 3.63) is 23.8 Å². The first-order valence-corrected chi connectivity index (χ1v) is 8.30. The lowest BCUT2D eigenvalue weighted by Crippen LogP contribution is -2.51. The van der Waals surface area contributed by atoms with Crippen LogP contribution < -0.4 is 9.47 Å². The van der Waals surface area contributed by atoms with Gasteiger partial charge in [-0.1, -0.05) is 13.8 Å². The van der Waals surface area contributed by atoms with Crippen LogP contribution in [0.4, 0.5) is 0 Å². The summed E-state index contributed by atoms with van der Waals surface area (Å²) in [6, 6.07) is 4.98. The van der Waals surface area contributed by atoms with E-state index in [4.69, 9.17) is 19.3 Å². The molecule has 1 aromatic rings. The molecule has 1 aliphatic rings. The summed E-state index contributed by atoms with van der Waals surface area (Å²) in [6.07, 6.45) is -1.35. The fraction of sp³-hybridized carbons (Fsp3) is 0.556. The van der Waals surface area contributed by atoms with E-state index in [1.165, 1.54) is 12.0 Å². The Labute approximate surface area is 147 Å². The summed E-state index contributed by atoms with van der Waals surface area (Å²) in [7, 11) is 1.52. The molecule has 0 radical (unpaired) electrons. The number of nitrogens with zero attached hydrogens (tertiary/aromatic N) is 1. The number of morpholine rings is 1. The lowest BCUT2D eigenvalue weighted by atomic mass is 10.1. The number of carbonyl (C=O) groups is 2. The molecule has 7 heteroatoms. The van der Waals surface area contributed by atoms with E-state index >= 15 is 0 Å². The maximum absolute atomic E-state index is 12.7. The number of hydrogen-bond donors (Lipinski definition) is 1. The Balaban J connectivity index is 2.16. The van der Waals surface area contributed by atoms with Gasteiger partial charge in [-0.2, -0.15) is 0 Å². The highest BCUT2D eigenvalue weighted by Gasteiger charge is 2.33. The number of carbonyl (C=O) groups excluding carboxylic acids is 1. The summed E-state index contributed by atoms with van der Waals surface area (Å²) >= 11 is 0. The summed E-state index contributed by atoms with van der Waals surface area (Å²) in [4.78, 5) is 25.4. The predicted octanol–water partition coefficient (Wildman–Crippen LogP) is 2.04. The zero-order valence-electron chi connectivity index (χ0n) is 15.0. The Morgan fingerprint density at radius 3 is 2.64 bits per heavy atom. The van der Waals surface area contributed by atoms with Crippen LogP contribution in [0.1, 0.15) is 31.1 Å². The minimum Gasteiger partial charge on any atom is -0.493 e. The van der Waals surface area contributed by atoms with E-state index in [9.17, 15) is 9.59 Å². The van der Waals surface area contributed by atoms with Crippen LogP contribution in [-0.4, -0.2) is 60.9 Å². The molecule has 1 aliphatic heterocycles. The Hall–Kier alpha value is -2.28. The van der Waals surface area contributed by atoms with Gasteiger partial charge in [0.25, 0.3) is 5.91 Å². The second kappa shape index (κ2) is 8.20. The van der Waals surface area contributed by atoms with Crippen molar-refractivity contribution in [3.8, 4) is 11.5 Å². The van der Waals surface area contributed by atoms with Crippen molar-refractivity contribution in [2.75, 3.05) is 26.8 Å². The fourth-order valence-electron chi connectivity index (χ4n) is 2.61. The lowest BCUT2D eigenvalue weighted by Gasteiger charge is -2.35. The number of amides is 1. The molecule has 1 aromatic carbocycles. The van der Waals surface area contributed by atoms with Crippen LogP contribution in [0.2, 0.25) is 0 Å². The fourth-order valence-corrected chi connectivity index (χ4v) is 2.61. The minimum absolute atomic E-state index is 0.0203. The number of methoxy groups -OCH3 is 1. The zero-order valence-corrected chi connectivity index (χ0v) is 15.0. The third-order valence-corrected chi connectivity index (χ3v) is 3.81. The van der Waals surface area contributed by atoms with Crippen LogP contribution >= 0.6 is 0 Å². The minimum atomic E-state index is -1.07. The first-order chi connectivity index (χ1) is 11.8. The Kier molecular flexibility index (Phi) is 6.25. The average molecular weight is 351 g/mol. The van der Waals surface area contributed by atoms with Crippen LogP contribution in [0.5, 0.6) is 11.5 Å². The highest BCUT2D eigenvalue weighted by atomic mass is 16.5. The highest BCUT2D eigenvalue weighted by Crippen LogP contribution is 2.29. The molecule has 2 atom stereocenters. The summed E-state index contributed by atoms with van der Waals surface area (Å²) in [6.45, 7) is 6.75. The molecule has 0 saturated carbocycles. The Morgan fingerprint density at radius 2 is 2.04 bits per heavy atom. The molecule has 0 bridgehead atoms. The summed E-state index contributed by atoms with van der Waals surface area (Å²) in [5.41, 5.74) is 0.423. The van der Waals surface area contributed by atoms with Crippen molar-refractivity contribution < 1.29 is 28.9 Å². The number of hydrogen-bond acceptors (Lipinski definition) is 5. The highest BCUT2D eigenvalue weighted by molar-refractivity contribution is 5.95. The maximum Gasteiger partial charge on any atom is 0.334 e. The van der Waals surface area contributed by atoms with Gasteiger partial charge in [0.05, 0.1) is 26.4 Å². The van der Waals surface area contributed by atoms with Crippen LogP contribution in [0, 0.1) is 5.92 Å². The largest absolute Gasteiger partial charge is 0.493 e. The molecule has 0 aromatic heterocycles. The van der Waals surface area contributed by atoms with Crippen LogP contribution in [0.3, 0.4) is 0 Å². The summed E-state index contributed by atoms with van der Waals surface area (Å²) in [5, 5.41) is 9.15. The molecule has 0 spiro atoms. The van der Waals surface area contributed by atoms with Gasteiger partial charge in [0, 0.05) is 12.1 Å². The molecule has 1 heterocycles. The number of carboxylic acids is 1. The van der Waals surface area contributed by atoms with Crippen LogP contribution in [-0.2, 0) is 9.53 Å². The van der Waals surface area contributed by atoms with Crippen molar-refractivity contribution in [2.45, 2.75) is 33.0 Å². The van der Waals surface area contributed by atoms with Gasteiger partial charge in [-0.25, -0.2) is 4.79 Å². The van der Waals surface area contributed by atoms with Crippen molar-refractivity contribution in [1.29, 1.82) is 0 Å². The van der Waals surface area contributed by atoms with E-state index in [1.54, 1.807) is 25.1 Å². The molecule has 1 unspecified atom stereocenters. The maximum atomic E-state index is 12.7. The number of rotatable bonds is 6. The second-order valence-corrected chi connectivity index (χ2v) is 6.55. The van der Waals surface area contributed by atoms with E-state index < -0.39 is 12.1 Å². The first-order valence-electron chi connectivity index (χ1n) is 8.30. The molecular weight excluding hydrogens is 326 g/mol. The normalized spacial score (nSPS) is 20.4. The standard InChI is InChI=1S/C18H25NO6/c1-11(2)10-24-14-6-5-13(7-15(14)23-4)17(20)19-8-12(3)25-16(9-19)18(21)22/h5-7,11-12,16H,8-10H2,1-4H3,(H,21,22)/t12-,16?/m1/s1. The quantitative estimate of drug-likeness (QED) is 0.844. The van der Waals surface area contributed by atoms with Crippen LogP contribution in [0.25, 0.3) is 0 Å². The van der Waals surface area contributed by atoms with E-state index in [2.05, 4.69) is 0 Å². The average Bonchev–Trinajstić information content (AvgIpc) is 2.58. The topological polar surface area (TPSA) is 85.3 Å². The van der Waals surface area contributed by atoms with Gasteiger partial charge in [0.2, 0.25) is 0 Å². The molecule has 1 amide bonds. The van der Waals surface area contributed by atoms with Gasteiger partial charge in [-0.05, 0) is 31.0 Å². The predicted molar refractivity (Wildman–Crippen MR) is 91.2 cm³/mol. The van der Waals surface area contributed by atoms with E-state index in [-0.39, 0.29) is 18.6 Å². The third-order valence-electron chi connectivity index (χ3n) is 3.81. The SMILES string of the molecule is COc1cc(C(=O)N2CC(C(=O)O)O[C@H](C)C2)ccc1OCC(C)C. The van der Waals surface area contributed by atoms with E-state index in [0.717, 1.165) is 0 Å². The smallest absolute Gasteiger partial charge is 0.334 e. The van der Waals surface area contributed by atoms with Gasteiger partial charge in [-0.15, -0.1) is 0 Å². The van der Waals surface area contributed by atoms with Gasteiger partial charge >= 0.3 is 5.97 Å². The molecule has 1 fully saturated rings. The van der Waals surface area contributed by atoms with Crippen molar-refractivity contribution in [2.24, 2.45) is 5.92 Å². The zero-order chi connectivity index (χ0) is 18.6. The van der Waals surface area contributed by atoms with Gasteiger partial charge in [-0.3, -0.25) is 4.79 Å². The van der Waals surface area contributed by atoms with Crippen molar-refractivity contribution in [1.82, 2.24) is 4.90 Å². The Bertz CT molecular complexity index is 630. The number of benzene rings is 1. The van der Waals surface area contributed by atoms with E-state index in [0.29, 0.717) is 36.1 Å². The molecule has 0 aliphatic carbocycles. The van der Waals surface area contributed by atoms with Gasteiger partial charge in [0.15, 0.2) is 17.6 Å². The lowest BCUT2D eigenvalue weighted by molar-refractivity contribution is -0.160. The number of ether oxygens (including phenoxy) is 3. The molecule has 2 rings (SSSR count). The molecule has 25 heavy (non-hydrogen) atoms. The van der Waals surface area contributed by atoms with Gasteiger partial charge < -0.3 is 24.2 Å². The second-order valence-electron chi connectivity index (χ2n) is 6.55. The monoisotopic (exact) mass is 351 g/mol. The van der Waals surface area contributed by atoms with Crippen LogP contribution in [0.15, 0.2) is 18.2 Å². The van der Waals surface area contributed by atoms with Crippen molar-refractivity contribution >= 4 is 11.9 Å². The Morgan fingerprint density at radius 1 is 1.32 bits per heavy atom. The number of carboxylic acid groups (broad SMARTS) is 1. The van der Waals surface area contributed by atoms with Gasteiger partial charge in [0.1, 0.15) is 0 Å². The first kappa shape index (κ1) is 19.1. The third kappa shape index (κ3) is 4.85. The molecular formula is C18H25NO6.